The van der Waals surface area contributed by atoms with Crippen LogP contribution >= 0.6 is 0 Å². The van der Waals surface area contributed by atoms with Crippen molar-refractivity contribution in [2.75, 3.05) is 13.2 Å². The summed E-state index contributed by atoms with van der Waals surface area (Å²) in [5.74, 6) is -0.202. The minimum atomic E-state index is -0.202. The molecule has 0 aromatic heterocycles. The maximum atomic E-state index is 12.3. The van der Waals surface area contributed by atoms with Crippen molar-refractivity contribution in [1.29, 1.82) is 0 Å². The highest BCUT2D eigenvalue weighted by Crippen LogP contribution is 2.06. The van der Waals surface area contributed by atoms with Gasteiger partial charge in [-0.05, 0) is 18.6 Å². The topological polar surface area (TPSA) is 9.23 Å². The van der Waals surface area contributed by atoms with Crippen LogP contribution in [-0.2, 0) is 4.74 Å². The number of rotatable bonds is 0. The Morgan fingerprint density at radius 3 is 3.00 bits per heavy atom. The SMILES string of the molecule is CC1=CC=C(F)COC1. The molecule has 0 fully saturated rings. The molecule has 1 nitrogen and oxygen atoms in total. The maximum absolute atomic E-state index is 12.3. The lowest BCUT2D eigenvalue weighted by Gasteiger charge is -1.96. The Morgan fingerprint density at radius 2 is 2.22 bits per heavy atom. The van der Waals surface area contributed by atoms with Crippen LogP contribution in [0.1, 0.15) is 6.92 Å². The molecule has 0 bridgehead atoms. The highest BCUT2D eigenvalue weighted by molar-refractivity contribution is 5.15. The van der Waals surface area contributed by atoms with Gasteiger partial charge in [-0.25, -0.2) is 4.39 Å². The molecule has 0 N–H and O–H groups in total. The number of ether oxygens (including phenoxy) is 1. The van der Waals surface area contributed by atoms with Crippen LogP contribution in [0.3, 0.4) is 0 Å². The molecule has 1 rings (SSSR count). The summed E-state index contributed by atoms with van der Waals surface area (Å²) < 4.78 is 17.2. The monoisotopic (exact) mass is 128 g/mol. The predicted molar refractivity (Wildman–Crippen MR) is 33.8 cm³/mol. The van der Waals surface area contributed by atoms with E-state index in [4.69, 9.17) is 4.74 Å². The molecular weight excluding hydrogens is 119 g/mol. The Balaban J connectivity index is 2.63. The van der Waals surface area contributed by atoms with Crippen molar-refractivity contribution >= 4 is 0 Å². The van der Waals surface area contributed by atoms with Crippen molar-refractivity contribution in [3.05, 3.63) is 23.6 Å². The van der Waals surface area contributed by atoms with Crippen LogP contribution in [0.15, 0.2) is 23.6 Å². The average Bonchev–Trinajstić information content (AvgIpc) is 1.97. The van der Waals surface area contributed by atoms with Gasteiger partial charge in [0, 0.05) is 0 Å². The van der Waals surface area contributed by atoms with Gasteiger partial charge in [0.2, 0.25) is 0 Å². The largest absolute Gasteiger partial charge is 0.370 e. The molecule has 0 radical (unpaired) electrons. The smallest absolute Gasteiger partial charge is 0.126 e. The molecule has 50 valence electrons. The summed E-state index contributed by atoms with van der Waals surface area (Å²) in [6, 6.07) is 0. The third-order valence-electron chi connectivity index (χ3n) is 1.12. The molecule has 0 unspecified atom stereocenters. The Hall–Kier alpha value is -0.630. The van der Waals surface area contributed by atoms with E-state index in [1.165, 1.54) is 6.08 Å². The van der Waals surface area contributed by atoms with Crippen LogP contribution in [-0.4, -0.2) is 13.2 Å². The second-order valence-corrected chi connectivity index (χ2v) is 2.12. The first-order valence-corrected chi connectivity index (χ1v) is 2.88. The Labute approximate surface area is 53.8 Å². The first-order valence-electron chi connectivity index (χ1n) is 2.88. The molecule has 0 aromatic rings. The molecule has 0 spiro atoms. The van der Waals surface area contributed by atoms with Crippen molar-refractivity contribution in [2.45, 2.75) is 6.92 Å². The normalized spacial score (nSPS) is 20.2. The molecule has 1 aliphatic heterocycles. The lowest BCUT2D eigenvalue weighted by molar-refractivity contribution is 0.167. The lowest BCUT2D eigenvalue weighted by atomic mass is 10.3. The molecule has 0 saturated heterocycles. The zero-order chi connectivity index (χ0) is 6.69. The minimum absolute atomic E-state index is 0.119. The van der Waals surface area contributed by atoms with E-state index in [9.17, 15) is 4.39 Å². The number of halogens is 1. The van der Waals surface area contributed by atoms with Gasteiger partial charge in [0.05, 0.1) is 13.2 Å². The van der Waals surface area contributed by atoms with Gasteiger partial charge in [-0.1, -0.05) is 6.08 Å². The fourth-order valence-corrected chi connectivity index (χ4v) is 0.638. The summed E-state index contributed by atoms with van der Waals surface area (Å²) >= 11 is 0. The second kappa shape index (κ2) is 2.78. The van der Waals surface area contributed by atoms with E-state index < -0.39 is 0 Å². The first-order chi connectivity index (χ1) is 4.29. The van der Waals surface area contributed by atoms with E-state index in [-0.39, 0.29) is 12.4 Å². The van der Waals surface area contributed by atoms with Crippen molar-refractivity contribution in [3.63, 3.8) is 0 Å². The summed E-state index contributed by atoms with van der Waals surface area (Å²) in [5, 5.41) is 0. The van der Waals surface area contributed by atoms with E-state index in [1.54, 1.807) is 6.08 Å². The van der Waals surface area contributed by atoms with Crippen molar-refractivity contribution in [3.8, 4) is 0 Å². The lowest BCUT2D eigenvalue weighted by Crippen LogP contribution is -1.94. The van der Waals surface area contributed by atoms with Gasteiger partial charge < -0.3 is 4.74 Å². The standard InChI is InChI=1S/C7H9FO/c1-6-2-3-7(8)5-9-4-6/h2-3H,4-5H2,1H3. The van der Waals surface area contributed by atoms with Crippen LogP contribution in [0.4, 0.5) is 4.39 Å². The molecule has 0 aliphatic carbocycles. The molecule has 0 atom stereocenters. The van der Waals surface area contributed by atoms with E-state index in [2.05, 4.69) is 0 Å². The van der Waals surface area contributed by atoms with Gasteiger partial charge in [0.15, 0.2) is 0 Å². The molecule has 2 heteroatoms. The van der Waals surface area contributed by atoms with Gasteiger partial charge in [-0.2, -0.15) is 0 Å². The van der Waals surface area contributed by atoms with Gasteiger partial charge in [-0.15, -0.1) is 0 Å². The molecular formula is C7H9FO. The zero-order valence-electron chi connectivity index (χ0n) is 5.36. The molecule has 1 heterocycles. The summed E-state index contributed by atoms with van der Waals surface area (Å²) in [5.41, 5.74) is 1.06. The maximum Gasteiger partial charge on any atom is 0.126 e. The summed E-state index contributed by atoms with van der Waals surface area (Å²) in [6.45, 7) is 2.58. The van der Waals surface area contributed by atoms with Gasteiger partial charge in [0.1, 0.15) is 5.83 Å². The molecule has 0 amide bonds. The molecule has 1 aliphatic rings. The fraction of sp³-hybridized carbons (Fsp3) is 0.429. The van der Waals surface area contributed by atoms with E-state index >= 15 is 0 Å². The van der Waals surface area contributed by atoms with Gasteiger partial charge >= 0.3 is 0 Å². The van der Waals surface area contributed by atoms with Gasteiger partial charge in [-0.3, -0.25) is 0 Å². The first kappa shape index (κ1) is 6.49. The van der Waals surface area contributed by atoms with Gasteiger partial charge in [0.25, 0.3) is 0 Å². The van der Waals surface area contributed by atoms with Crippen molar-refractivity contribution in [2.24, 2.45) is 0 Å². The zero-order valence-corrected chi connectivity index (χ0v) is 5.36. The highest BCUT2D eigenvalue weighted by atomic mass is 19.1. The Morgan fingerprint density at radius 1 is 1.44 bits per heavy atom. The average molecular weight is 128 g/mol. The fourth-order valence-electron chi connectivity index (χ4n) is 0.638. The Kier molecular flexibility index (Phi) is 2.01. The van der Waals surface area contributed by atoms with E-state index in [1.807, 2.05) is 6.92 Å². The van der Waals surface area contributed by atoms with E-state index in [0.29, 0.717) is 6.61 Å². The number of hydrogen-bond acceptors (Lipinski definition) is 1. The third kappa shape index (κ3) is 1.98. The summed E-state index contributed by atoms with van der Waals surface area (Å²) in [7, 11) is 0. The summed E-state index contributed by atoms with van der Waals surface area (Å²) in [4.78, 5) is 0. The van der Waals surface area contributed by atoms with Crippen LogP contribution in [0.5, 0.6) is 0 Å². The van der Waals surface area contributed by atoms with Crippen molar-refractivity contribution < 1.29 is 9.13 Å². The third-order valence-corrected chi connectivity index (χ3v) is 1.12. The summed E-state index contributed by atoms with van der Waals surface area (Å²) in [6.07, 6.45) is 3.19. The molecule has 9 heavy (non-hydrogen) atoms. The minimum Gasteiger partial charge on any atom is -0.370 e. The Bertz CT molecular complexity index is 140. The second-order valence-electron chi connectivity index (χ2n) is 2.12. The van der Waals surface area contributed by atoms with E-state index in [0.717, 1.165) is 5.57 Å². The number of allylic oxidation sites excluding steroid dienone is 2. The quantitative estimate of drug-likeness (QED) is 0.483. The molecule has 0 saturated carbocycles. The highest BCUT2D eigenvalue weighted by Gasteiger charge is 1.98. The molecule has 0 aromatic carbocycles. The van der Waals surface area contributed by atoms with Crippen LogP contribution in [0.25, 0.3) is 0 Å². The number of hydrogen-bond donors (Lipinski definition) is 0. The van der Waals surface area contributed by atoms with Crippen LogP contribution in [0, 0.1) is 0 Å². The predicted octanol–water partition coefficient (Wildman–Crippen LogP) is 1.82. The van der Waals surface area contributed by atoms with Crippen LogP contribution in [0.2, 0.25) is 0 Å². The van der Waals surface area contributed by atoms with Crippen molar-refractivity contribution in [1.82, 2.24) is 0 Å². The van der Waals surface area contributed by atoms with Crippen LogP contribution < -0.4 is 0 Å².